The Kier molecular flexibility index (Phi) is 4.15. The largest absolute Gasteiger partial charge is 0.450 e. The molecule has 0 aromatic heterocycles. The van der Waals surface area contributed by atoms with Crippen molar-refractivity contribution in [3.63, 3.8) is 0 Å². The van der Waals surface area contributed by atoms with E-state index in [1.54, 1.807) is 6.92 Å². The lowest BCUT2D eigenvalue weighted by Crippen LogP contribution is -2.58. The van der Waals surface area contributed by atoms with Crippen molar-refractivity contribution in [1.82, 2.24) is 5.32 Å². The number of ether oxygens (including phenoxy) is 1. The predicted octanol–water partition coefficient (Wildman–Crippen LogP) is 1.62. The fourth-order valence-electron chi connectivity index (χ4n) is 2.08. The Hall–Kier alpha value is -1.26. The Bertz CT molecular complexity index is 270. The van der Waals surface area contributed by atoms with Crippen LogP contribution in [-0.2, 0) is 4.74 Å². The summed E-state index contributed by atoms with van der Waals surface area (Å²) in [4.78, 5) is 11.4. The first-order valence-electron chi connectivity index (χ1n) is 5.79. The van der Waals surface area contributed by atoms with Gasteiger partial charge in [-0.25, -0.2) is 4.79 Å². The first kappa shape index (κ1) is 12.8. The van der Waals surface area contributed by atoms with Gasteiger partial charge in [0.2, 0.25) is 0 Å². The second-order valence-corrected chi connectivity index (χ2v) is 4.52. The van der Waals surface area contributed by atoms with Crippen LogP contribution in [0.2, 0.25) is 0 Å². The number of carbonyl (C=O) groups excluding carboxylic acids is 1. The van der Waals surface area contributed by atoms with Crippen LogP contribution in [0.1, 0.15) is 39.5 Å². The quantitative estimate of drug-likeness (QED) is 0.505. The average Bonchev–Trinajstić information content (AvgIpc) is 2.22. The summed E-state index contributed by atoms with van der Waals surface area (Å²) in [6.07, 6.45) is 2.93. The number of alkyl carbamates (subject to hydrolysis) is 1. The summed E-state index contributed by atoms with van der Waals surface area (Å²) in [6.45, 7) is 4.26. The Morgan fingerprint density at radius 2 is 2.12 bits per heavy atom. The molecule has 0 spiro atoms. The molecule has 0 radical (unpaired) electrons. The van der Waals surface area contributed by atoms with Crippen LogP contribution in [0, 0.1) is 11.3 Å². The van der Waals surface area contributed by atoms with Gasteiger partial charge in [-0.2, -0.15) is 0 Å². The van der Waals surface area contributed by atoms with E-state index in [9.17, 15) is 4.79 Å². The van der Waals surface area contributed by atoms with Crippen molar-refractivity contribution in [3.8, 4) is 0 Å². The van der Waals surface area contributed by atoms with Crippen LogP contribution in [-0.4, -0.2) is 24.1 Å². The molecule has 4 N–H and O–H groups in total. The molecule has 0 aromatic carbocycles. The van der Waals surface area contributed by atoms with Gasteiger partial charge in [-0.1, -0.05) is 6.92 Å². The minimum Gasteiger partial charge on any atom is -0.450 e. The molecule has 1 aliphatic carbocycles. The molecule has 16 heavy (non-hydrogen) atoms. The molecule has 0 atom stereocenters. The third-order valence-corrected chi connectivity index (χ3v) is 3.26. The Morgan fingerprint density at radius 1 is 1.56 bits per heavy atom. The van der Waals surface area contributed by atoms with Crippen molar-refractivity contribution in [2.24, 2.45) is 11.7 Å². The highest BCUT2D eigenvalue weighted by Crippen LogP contribution is 2.31. The van der Waals surface area contributed by atoms with Crippen LogP contribution in [0.4, 0.5) is 4.79 Å². The maximum atomic E-state index is 11.4. The second kappa shape index (κ2) is 5.18. The molecule has 92 valence electrons. The molecule has 0 saturated heterocycles. The lowest BCUT2D eigenvalue weighted by Gasteiger charge is -2.38. The fraction of sp³-hybridized carbons (Fsp3) is 0.818. The SMILES string of the molecule is CCOC(=O)NC1(C(=N)N)CCC(C)CC1. The highest BCUT2D eigenvalue weighted by molar-refractivity contribution is 5.90. The number of hydrogen-bond donors (Lipinski definition) is 3. The van der Waals surface area contributed by atoms with Gasteiger partial charge in [-0.3, -0.25) is 5.41 Å². The van der Waals surface area contributed by atoms with E-state index >= 15 is 0 Å². The van der Waals surface area contributed by atoms with Gasteiger partial charge in [0.1, 0.15) is 11.4 Å². The molecule has 0 unspecified atom stereocenters. The zero-order chi connectivity index (χ0) is 12.2. The number of hydrogen-bond acceptors (Lipinski definition) is 3. The Morgan fingerprint density at radius 3 is 2.56 bits per heavy atom. The van der Waals surface area contributed by atoms with Gasteiger partial charge >= 0.3 is 6.09 Å². The Balaban J connectivity index is 2.66. The highest BCUT2D eigenvalue weighted by Gasteiger charge is 2.38. The maximum Gasteiger partial charge on any atom is 0.407 e. The van der Waals surface area contributed by atoms with Gasteiger partial charge in [0, 0.05) is 0 Å². The van der Waals surface area contributed by atoms with Gasteiger partial charge in [0.15, 0.2) is 0 Å². The average molecular weight is 227 g/mol. The lowest BCUT2D eigenvalue weighted by atomic mass is 9.76. The molecular formula is C11H21N3O2. The maximum absolute atomic E-state index is 11.4. The summed E-state index contributed by atoms with van der Waals surface area (Å²) < 4.78 is 4.84. The third kappa shape index (κ3) is 2.87. The standard InChI is InChI=1S/C11H21N3O2/c1-3-16-10(15)14-11(9(12)13)6-4-8(2)5-7-11/h8H,3-7H2,1-2H3,(H3,12,13)(H,14,15). The highest BCUT2D eigenvalue weighted by atomic mass is 16.5. The van der Waals surface area contributed by atoms with Crippen LogP contribution in [0.25, 0.3) is 0 Å². The number of amides is 1. The molecule has 0 bridgehead atoms. The summed E-state index contributed by atoms with van der Waals surface area (Å²) in [5.41, 5.74) is 4.92. The summed E-state index contributed by atoms with van der Waals surface area (Å²) in [7, 11) is 0. The molecule has 0 aliphatic heterocycles. The van der Waals surface area contributed by atoms with E-state index in [4.69, 9.17) is 15.9 Å². The summed E-state index contributed by atoms with van der Waals surface area (Å²) in [5, 5.41) is 10.4. The lowest BCUT2D eigenvalue weighted by molar-refractivity contribution is 0.136. The zero-order valence-corrected chi connectivity index (χ0v) is 10.0. The van der Waals surface area contributed by atoms with E-state index in [0.717, 1.165) is 25.7 Å². The minimum absolute atomic E-state index is 0.0347. The third-order valence-electron chi connectivity index (χ3n) is 3.26. The fourth-order valence-corrected chi connectivity index (χ4v) is 2.08. The number of nitrogens with two attached hydrogens (primary N) is 1. The van der Waals surface area contributed by atoms with Crippen molar-refractivity contribution >= 4 is 11.9 Å². The van der Waals surface area contributed by atoms with E-state index < -0.39 is 11.6 Å². The summed E-state index contributed by atoms with van der Waals surface area (Å²) >= 11 is 0. The van der Waals surface area contributed by atoms with Crippen LogP contribution in [0.5, 0.6) is 0 Å². The molecule has 1 saturated carbocycles. The smallest absolute Gasteiger partial charge is 0.407 e. The first-order chi connectivity index (χ1) is 7.50. The molecule has 5 heteroatoms. The molecule has 5 nitrogen and oxygen atoms in total. The van der Waals surface area contributed by atoms with Crippen LogP contribution in [0.15, 0.2) is 0 Å². The topological polar surface area (TPSA) is 88.2 Å². The molecular weight excluding hydrogens is 206 g/mol. The molecule has 1 rings (SSSR count). The van der Waals surface area contributed by atoms with Crippen molar-refractivity contribution in [1.29, 1.82) is 5.41 Å². The van der Waals surface area contributed by atoms with Gasteiger partial charge < -0.3 is 15.8 Å². The number of rotatable bonds is 3. The molecule has 1 amide bonds. The molecule has 1 fully saturated rings. The number of nitrogens with one attached hydrogen (secondary N) is 2. The molecule has 1 aliphatic rings. The van der Waals surface area contributed by atoms with Crippen molar-refractivity contribution < 1.29 is 9.53 Å². The van der Waals surface area contributed by atoms with Crippen molar-refractivity contribution in [2.75, 3.05) is 6.61 Å². The minimum atomic E-state index is -0.682. The van der Waals surface area contributed by atoms with Crippen LogP contribution in [0.3, 0.4) is 0 Å². The van der Waals surface area contributed by atoms with E-state index in [2.05, 4.69) is 12.2 Å². The molecule has 0 heterocycles. The van der Waals surface area contributed by atoms with Crippen LogP contribution < -0.4 is 11.1 Å². The second-order valence-electron chi connectivity index (χ2n) is 4.52. The zero-order valence-electron chi connectivity index (χ0n) is 10.0. The van der Waals surface area contributed by atoms with Gasteiger partial charge in [-0.15, -0.1) is 0 Å². The first-order valence-corrected chi connectivity index (χ1v) is 5.79. The van der Waals surface area contributed by atoms with Gasteiger partial charge in [0.25, 0.3) is 0 Å². The van der Waals surface area contributed by atoms with E-state index in [-0.39, 0.29) is 5.84 Å². The number of carbonyl (C=O) groups is 1. The van der Waals surface area contributed by atoms with E-state index in [1.165, 1.54) is 0 Å². The Labute approximate surface area is 96.2 Å². The van der Waals surface area contributed by atoms with Crippen LogP contribution >= 0.6 is 0 Å². The monoisotopic (exact) mass is 227 g/mol. The van der Waals surface area contributed by atoms with Crippen molar-refractivity contribution in [3.05, 3.63) is 0 Å². The predicted molar refractivity (Wildman–Crippen MR) is 62.4 cm³/mol. The normalized spacial score (nSPS) is 29.5. The van der Waals surface area contributed by atoms with Crippen molar-refractivity contribution in [2.45, 2.75) is 45.1 Å². The van der Waals surface area contributed by atoms with Gasteiger partial charge in [-0.05, 0) is 38.5 Å². The van der Waals surface area contributed by atoms with E-state index in [0.29, 0.717) is 12.5 Å². The summed E-state index contributed by atoms with van der Waals surface area (Å²) in [6, 6.07) is 0. The van der Waals surface area contributed by atoms with Gasteiger partial charge in [0.05, 0.1) is 6.61 Å². The number of amidine groups is 1. The van der Waals surface area contributed by atoms with E-state index in [1.807, 2.05) is 0 Å². The molecule has 0 aromatic rings. The summed E-state index contributed by atoms with van der Waals surface area (Å²) in [5.74, 6) is 0.670.